The summed E-state index contributed by atoms with van der Waals surface area (Å²) in [6, 6.07) is 0.134. The largest absolute Gasteiger partial charge is 0.326 e. The molecule has 0 aliphatic rings. The van der Waals surface area contributed by atoms with Crippen LogP contribution in [0, 0.1) is 5.41 Å². The summed E-state index contributed by atoms with van der Waals surface area (Å²) in [4.78, 5) is 0. The Morgan fingerprint density at radius 1 is 0.857 bits per heavy atom. The van der Waals surface area contributed by atoms with Gasteiger partial charge in [0.1, 0.15) is 0 Å². The van der Waals surface area contributed by atoms with Crippen molar-refractivity contribution >= 4 is 0 Å². The molecule has 0 saturated heterocycles. The van der Waals surface area contributed by atoms with Gasteiger partial charge in [-0.1, -0.05) is 20.8 Å². The zero-order valence-electron chi connectivity index (χ0n) is 11.2. The van der Waals surface area contributed by atoms with Gasteiger partial charge in [-0.3, -0.25) is 0 Å². The molecule has 0 aliphatic carbocycles. The highest BCUT2D eigenvalue weighted by Gasteiger charge is 2.37. The summed E-state index contributed by atoms with van der Waals surface area (Å²) >= 11 is 0. The van der Waals surface area contributed by atoms with Crippen LogP contribution in [-0.4, -0.2) is 17.1 Å². The minimum atomic E-state index is -0.0451. The second-order valence-electron chi connectivity index (χ2n) is 6.94. The molecule has 2 nitrogen and oxygen atoms in total. The highest BCUT2D eigenvalue weighted by molar-refractivity contribution is 4.98. The topological polar surface area (TPSA) is 38.0 Å². The van der Waals surface area contributed by atoms with E-state index in [-0.39, 0.29) is 22.5 Å². The maximum absolute atomic E-state index is 6.27. The second-order valence-corrected chi connectivity index (χ2v) is 6.94. The third-order valence-corrected chi connectivity index (χ3v) is 2.41. The van der Waals surface area contributed by atoms with Crippen LogP contribution >= 0.6 is 0 Å². The first-order valence-electron chi connectivity index (χ1n) is 5.41. The SMILES string of the molecule is CC(C)(C)NC(C)(C)C(N)C(C)(C)C. The van der Waals surface area contributed by atoms with Crippen molar-refractivity contribution in [2.75, 3.05) is 0 Å². The number of nitrogens with two attached hydrogens (primary N) is 1. The van der Waals surface area contributed by atoms with E-state index >= 15 is 0 Å². The predicted octanol–water partition coefficient (Wildman–Crippen LogP) is 2.53. The van der Waals surface area contributed by atoms with Gasteiger partial charge in [-0.05, 0) is 40.0 Å². The van der Waals surface area contributed by atoms with E-state index in [1.165, 1.54) is 0 Å². The van der Waals surface area contributed by atoms with Crippen LogP contribution in [0.3, 0.4) is 0 Å². The van der Waals surface area contributed by atoms with E-state index in [9.17, 15) is 0 Å². The molecule has 0 bridgehead atoms. The molecule has 0 radical (unpaired) electrons. The van der Waals surface area contributed by atoms with Crippen molar-refractivity contribution in [1.82, 2.24) is 5.32 Å². The van der Waals surface area contributed by atoms with Crippen molar-refractivity contribution in [1.29, 1.82) is 0 Å². The van der Waals surface area contributed by atoms with Crippen LogP contribution in [0.5, 0.6) is 0 Å². The van der Waals surface area contributed by atoms with E-state index in [0.29, 0.717) is 0 Å². The summed E-state index contributed by atoms with van der Waals surface area (Å²) in [5.41, 5.74) is 6.46. The van der Waals surface area contributed by atoms with Crippen LogP contribution in [0.15, 0.2) is 0 Å². The third-order valence-electron chi connectivity index (χ3n) is 2.41. The Morgan fingerprint density at radius 2 is 1.21 bits per heavy atom. The van der Waals surface area contributed by atoms with Gasteiger partial charge < -0.3 is 11.1 Å². The summed E-state index contributed by atoms with van der Waals surface area (Å²) in [7, 11) is 0. The lowest BCUT2D eigenvalue weighted by Gasteiger charge is -2.44. The van der Waals surface area contributed by atoms with E-state index in [1.54, 1.807) is 0 Å². The third kappa shape index (κ3) is 4.43. The molecule has 1 unspecified atom stereocenters. The molecule has 0 aromatic heterocycles. The normalized spacial score (nSPS) is 16.9. The molecule has 0 saturated carbocycles. The Kier molecular flexibility index (Phi) is 3.80. The van der Waals surface area contributed by atoms with Gasteiger partial charge in [0.15, 0.2) is 0 Å². The maximum atomic E-state index is 6.27. The summed E-state index contributed by atoms with van der Waals surface area (Å²) < 4.78 is 0. The average molecular weight is 200 g/mol. The standard InChI is InChI=1S/C12H28N2/c1-10(2,3)9(13)12(7,8)14-11(4,5)6/h9,14H,13H2,1-8H3. The zero-order chi connectivity index (χ0) is 11.8. The summed E-state index contributed by atoms with van der Waals surface area (Å²) in [6.45, 7) is 17.4. The van der Waals surface area contributed by atoms with E-state index in [2.05, 4.69) is 60.7 Å². The Bertz CT molecular complexity index is 181. The van der Waals surface area contributed by atoms with Crippen molar-refractivity contribution in [2.24, 2.45) is 11.1 Å². The molecule has 3 N–H and O–H groups in total. The number of rotatable bonds is 2. The molecule has 14 heavy (non-hydrogen) atoms. The molecule has 1 atom stereocenters. The molecule has 0 aromatic carbocycles. The first-order chi connectivity index (χ1) is 5.86. The minimum Gasteiger partial charge on any atom is -0.326 e. The van der Waals surface area contributed by atoms with Crippen LogP contribution in [0.2, 0.25) is 0 Å². The van der Waals surface area contributed by atoms with Crippen LogP contribution in [0.25, 0.3) is 0 Å². The lowest BCUT2D eigenvalue weighted by molar-refractivity contribution is 0.160. The fourth-order valence-electron chi connectivity index (χ4n) is 2.13. The molecule has 86 valence electrons. The maximum Gasteiger partial charge on any atom is 0.0286 e. The highest BCUT2D eigenvalue weighted by atomic mass is 15.1. The monoisotopic (exact) mass is 200 g/mol. The van der Waals surface area contributed by atoms with Gasteiger partial charge in [-0.25, -0.2) is 0 Å². The number of nitrogens with one attached hydrogen (secondary N) is 1. The van der Waals surface area contributed by atoms with Gasteiger partial charge >= 0.3 is 0 Å². The smallest absolute Gasteiger partial charge is 0.0286 e. The molecule has 0 fully saturated rings. The molecule has 0 spiro atoms. The summed E-state index contributed by atoms with van der Waals surface area (Å²) in [5.74, 6) is 0. The fraction of sp³-hybridized carbons (Fsp3) is 1.00. The first-order valence-corrected chi connectivity index (χ1v) is 5.41. The van der Waals surface area contributed by atoms with Crippen LogP contribution < -0.4 is 11.1 Å². The number of hydrogen-bond donors (Lipinski definition) is 2. The van der Waals surface area contributed by atoms with Crippen LogP contribution in [-0.2, 0) is 0 Å². The molecule has 0 rings (SSSR count). The molecular weight excluding hydrogens is 172 g/mol. The Morgan fingerprint density at radius 3 is 1.43 bits per heavy atom. The second kappa shape index (κ2) is 3.82. The zero-order valence-corrected chi connectivity index (χ0v) is 11.2. The molecule has 0 heterocycles. The van der Waals surface area contributed by atoms with Gasteiger partial charge in [-0.15, -0.1) is 0 Å². The van der Waals surface area contributed by atoms with Crippen molar-refractivity contribution < 1.29 is 0 Å². The average Bonchev–Trinajstić information content (AvgIpc) is 1.78. The molecule has 0 aromatic rings. The number of hydrogen-bond acceptors (Lipinski definition) is 2. The van der Waals surface area contributed by atoms with Gasteiger partial charge in [0.2, 0.25) is 0 Å². The summed E-state index contributed by atoms with van der Waals surface area (Å²) in [5, 5.41) is 3.58. The minimum absolute atomic E-state index is 0.0451. The first kappa shape index (κ1) is 13.9. The van der Waals surface area contributed by atoms with E-state index < -0.39 is 0 Å². The molecule has 2 heteroatoms. The Hall–Kier alpha value is -0.0800. The predicted molar refractivity (Wildman–Crippen MR) is 64.4 cm³/mol. The van der Waals surface area contributed by atoms with E-state index in [1.807, 2.05) is 0 Å². The van der Waals surface area contributed by atoms with Crippen LogP contribution in [0.4, 0.5) is 0 Å². The van der Waals surface area contributed by atoms with Crippen LogP contribution in [0.1, 0.15) is 55.4 Å². The molecule has 0 aliphatic heterocycles. The van der Waals surface area contributed by atoms with Gasteiger partial charge in [0.05, 0.1) is 0 Å². The Balaban J connectivity index is 4.63. The van der Waals surface area contributed by atoms with Crippen molar-refractivity contribution in [3.63, 3.8) is 0 Å². The van der Waals surface area contributed by atoms with Crippen molar-refractivity contribution in [2.45, 2.75) is 72.5 Å². The van der Waals surface area contributed by atoms with Gasteiger partial charge in [0, 0.05) is 17.1 Å². The fourth-order valence-corrected chi connectivity index (χ4v) is 2.13. The summed E-state index contributed by atoms with van der Waals surface area (Å²) in [6.07, 6.45) is 0. The van der Waals surface area contributed by atoms with Crippen molar-refractivity contribution in [3.05, 3.63) is 0 Å². The highest BCUT2D eigenvalue weighted by Crippen LogP contribution is 2.27. The quantitative estimate of drug-likeness (QED) is 0.719. The lowest BCUT2D eigenvalue weighted by Crippen LogP contribution is -2.63. The lowest BCUT2D eigenvalue weighted by atomic mass is 9.76. The van der Waals surface area contributed by atoms with E-state index in [4.69, 9.17) is 5.73 Å². The van der Waals surface area contributed by atoms with Gasteiger partial charge in [-0.2, -0.15) is 0 Å². The molecular formula is C12H28N2. The van der Waals surface area contributed by atoms with Crippen molar-refractivity contribution in [3.8, 4) is 0 Å². The van der Waals surface area contributed by atoms with Gasteiger partial charge in [0.25, 0.3) is 0 Å². The van der Waals surface area contributed by atoms with E-state index in [0.717, 1.165) is 0 Å². The Labute approximate surface area is 89.6 Å². The molecule has 0 amide bonds.